The molecule has 2 heterocycles. The third-order valence-electron chi connectivity index (χ3n) is 4.54. The number of nitrogens with zero attached hydrogens (tertiary/aromatic N) is 2. The SMILES string of the molecule is O=C(C[C@H](c1ccccc1)c1cnc2ccccn12)Nc1ccccc1F. The molecule has 134 valence electrons. The molecule has 0 fully saturated rings. The van der Waals surface area contributed by atoms with E-state index in [1.807, 2.05) is 59.1 Å². The quantitative estimate of drug-likeness (QED) is 0.564. The van der Waals surface area contributed by atoms with Gasteiger partial charge in [-0.25, -0.2) is 9.37 Å². The van der Waals surface area contributed by atoms with Gasteiger partial charge < -0.3 is 9.72 Å². The predicted octanol–water partition coefficient (Wildman–Crippen LogP) is 4.63. The highest BCUT2D eigenvalue weighted by Crippen LogP contribution is 2.29. The number of fused-ring (bicyclic) bond motifs is 1. The molecule has 0 aliphatic heterocycles. The van der Waals surface area contributed by atoms with Crippen molar-refractivity contribution in [1.82, 2.24) is 9.38 Å². The average Bonchev–Trinajstić information content (AvgIpc) is 3.12. The van der Waals surface area contributed by atoms with E-state index in [1.54, 1.807) is 24.4 Å². The first-order valence-electron chi connectivity index (χ1n) is 8.73. The molecule has 4 nitrogen and oxygen atoms in total. The van der Waals surface area contributed by atoms with Crippen LogP contribution in [0.3, 0.4) is 0 Å². The number of anilines is 1. The Morgan fingerprint density at radius 3 is 2.56 bits per heavy atom. The first-order valence-corrected chi connectivity index (χ1v) is 8.73. The third-order valence-corrected chi connectivity index (χ3v) is 4.54. The Bertz CT molecular complexity index is 1080. The molecule has 0 aliphatic carbocycles. The number of nitrogens with one attached hydrogen (secondary N) is 1. The van der Waals surface area contributed by atoms with Crippen molar-refractivity contribution in [2.45, 2.75) is 12.3 Å². The maximum Gasteiger partial charge on any atom is 0.225 e. The first-order chi connectivity index (χ1) is 13.2. The number of halogens is 1. The summed E-state index contributed by atoms with van der Waals surface area (Å²) in [7, 11) is 0. The van der Waals surface area contributed by atoms with Gasteiger partial charge in [0, 0.05) is 24.7 Å². The maximum atomic E-state index is 13.9. The summed E-state index contributed by atoms with van der Waals surface area (Å²) in [5.74, 6) is -0.896. The molecule has 0 spiro atoms. The maximum absolute atomic E-state index is 13.9. The Labute approximate surface area is 156 Å². The summed E-state index contributed by atoms with van der Waals surface area (Å²) in [5, 5.41) is 2.68. The zero-order chi connectivity index (χ0) is 18.6. The predicted molar refractivity (Wildman–Crippen MR) is 103 cm³/mol. The number of carbonyl (C=O) groups is 1. The molecule has 0 aliphatic rings. The summed E-state index contributed by atoms with van der Waals surface area (Å²) in [5.41, 5.74) is 2.93. The molecule has 0 saturated carbocycles. The lowest BCUT2D eigenvalue weighted by atomic mass is 9.92. The van der Waals surface area contributed by atoms with Crippen molar-refractivity contribution in [3.63, 3.8) is 0 Å². The highest BCUT2D eigenvalue weighted by atomic mass is 19.1. The molecule has 2 aromatic carbocycles. The summed E-state index contributed by atoms with van der Waals surface area (Å²) in [6.07, 6.45) is 3.91. The monoisotopic (exact) mass is 359 g/mol. The smallest absolute Gasteiger partial charge is 0.225 e. The van der Waals surface area contributed by atoms with E-state index < -0.39 is 5.82 Å². The molecule has 0 radical (unpaired) electrons. The zero-order valence-electron chi connectivity index (χ0n) is 14.5. The van der Waals surface area contributed by atoms with E-state index in [1.165, 1.54) is 6.07 Å². The van der Waals surface area contributed by atoms with E-state index in [-0.39, 0.29) is 23.9 Å². The number of benzene rings is 2. The first kappa shape index (κ1) is 17.0. The van der Waals surface area contributed by atoms with Crippen LogP contribution in [0.15, 0.2) is 85.2 Å². The van der Waals surface area contributed by atoms with Gasteiger partial charge in [-0.3, -0.25) is 4.79 Å². The summed E-state index contributed by atoms with van der Waals surface area (Å²) in [6.45, 7) is 0. The minimum absolute atomic E-state index is 0.182. The zero-order valence-corrected chi connectivity index (χ0v) is 14.5. The van der Waals surface area contributed by atoms with Crippen LogP contribution in [0.5, 0.6) is 0 Å². The highest BCUT2D eigenvalue weighted by Gasteiger charge is 2.22. The van der Waals surface area contributed by atoms with Gasteiger partial charge in [0.15, 0.2) is 0 Å². The fraction of sp³-hybridized carbons (Fsp3) is 0.0909. The van der Waals surface area contributed by atoms with Gasteiger partial charge >= 0.3 is 0 Å². The van der Waals surface area contributed by atoms with E-state index in [0.29, 0.717) is 0 Å². The van der Waals surface area contributed by atoms with Crippen LogP contribution in [-0.4, -0.2) is 15.3 Å². The summed E-state index contributed by atoms with van der Waals surface area (Å²) in [6, 6.07) is 21.8. The third kappa shape index (κ3) is 3.58. The van der Waals surface area contributed by atoms with Gasteiger partial charge in [0.25, 0.3) is 0 Å². The molecule has 27 heavy (non-hydrogen) atoms. The molecule has 1 atom stereocenters. The molecular formula is C22H18FN3O. The molecule has 0 saturated heterocycles. The van der Waals surface area contributed by atoms with E-state index in [4.69, 9.17) is 0 Å². The van der Waals surface area contributed by atoms with Gasteiger partial charge in [-0.2, -0.15) is 0 Å². The second-order valence-corrected chi connectivity index (χ2v) is 6.31. The number of aromatic nitrogens is 2. The van der Waals surface area contributed by atoms with Gasteiger partial charge in [0.05, 0.1) is 11.4 Å². The van der Waals surface area contributed by atoms with Gasteiger partial charge in [-0.1, -0.05) is 48.5 Å². The van der Waals surface area contributed by atoms with Crippen LogP contribution < -0.4 is 5.32 Å². The van der Waals surface area contributed by atoms with E-state index >= 15 is 0 Å². The van der Waals surface area contributed by atoms with Crippen LogP contribution in [0.1, 0.15) is 23.6 Å². The van der Waals surface area contributed by atoms with Crippen LogP contribution >= 0.6 is 0 Å². The number of hydrogen-bond donors (Lipinski definition) is 1. The number of imidazole rings is 1. The number of pyridine rings is 1. The second kappa shape index (κ2) is 7.41. The number of amides is 1. The Morgan fingerprint density at radius 1 is 1.00 bits per heavy atom. The van der Waals surface area contributed by atoms with Crippen LogP contribution in [0.4, 0.5) is 10.1 Å². The Hall–Kier alpha value is -3.47. The number of para-hydroxylation sites is 1. The van der Waals surface area contributed by atoms with Gasteiger partial charge in [-0.05, 0) is 29.8 Å². The lowest BCUT2D eigenvalue weighted by Crippen LogP contribution is -2.18. The molecule has 1 amide bonds. The van der Waals surface area contributed by atoms with Gasteiger partial charge in [0.2, 0.25) is 5.91 Å². The van der Waals surface area contributed by atoms with E-state index in [0.717, 1.165) is 16.9 Å². The molecule has 4 aromatic rings. The van der Waals surface area contributed by atoms with Crippen molar-refractivity contribution in [1.29, 1.82) is 0 Å². The fourth-order valence-electron chi connectivity index (χ4n) is 3.24. The highest BCUT2D eigenvalue weighted by molar-refractivity contribution is 5.91. The summed E-state index contributed by atoms with van der Waals surface area (Å²) < 4.78 is 15.8. The molecule has 5 heteroatoms. The molecule has 4 rings (SSSR count). The second-order valence-electron chi connectivity index (χ2n) is 6.31. The Kier molecular flexibility index (Phi) is 4.66. The Morgan fingerprint density at radius 2 is 1.74 bits per heavy atom. The largest absolute Gasteiger partial charge is 0.324 e. The van der Waals surface area contributed by atoms with Crippen LogP contribution in [0.2, 0.25) is 0 Å². The van der Waals surface area contributed by atoms with Crippen molar-refractivity contribution in [2.75, 3.05) is 5.32 Å². The molecule has 0 bridgehead atoms. The van der Waals surface area contributed by atoms with Crippen molar-refractivity contribution < 1.29 is 9.18 Å². The number of carbonyl (C=O) groups excluding carboxylic acids is 1. The minimum Gasteiger partial charge on any atom is -0.324 e. The lowest BCUT2D eigenvalue weighted by molar-refractivity contribution is -0.116. The van der Waals surface area contributed by atoms with Crippen molar-refractivity contribution in [2.24, 2.45) is 0 Å². The minimum atomic E-state index is -0.447. The Balaban J connectivity index is 1.67. The van der Waals surface area contributed by atoms with Crippen LogP contribution in [-0.2, 0) is 4.79 Å². The summed E-state index contributed by atoms with van der Waals surface area (Å²) >= 11 is 0. The van der Waals surface area contributed by atoms with Crippen LogP contribution in [0, 0.1) is 5.82 Å². The molecular weight excluding hydrogens is 341 g/mol. The van der Waals surface area contributed by atoms with Crippen molar-refractivity contribution >= 4 is 17.2 Å². The van der Waals surface area contributed by atoms with Crippen molar-refractivity contribution in [3.05, 3.63) is 102 Å². The average molecular weight is 359 g/mol. The van der Waals surface area contributed by atoms with E-state index in [2.05, 4.69) is 10.3 Å². The molecule has 1 N–H and O–H groups in total. The van der Waals surface area contributed by atoms with Crippen molar-refractivity contribution in [3.8, 4) is 0 Å². The van der Waals surface area contributed by atoms with Gasteiger partial charge in [0.1, 0.15) is 11.5 Å². The standard InChI is InChI=1S/C22H18FN3O/c23-18-10-4-5-11-19(18)25-22(27)14-17(16-8-2-1-3-9-16)20-15-24-21-12-6-7-13-26(20)21/h1-13,15,17H,14H2,(H,25,27)/t17-/m1/s1. The lowest BCUT2D eigenvalue weighted by Gasteiger charge is -2.17. The number of rotatable bonds is 5. The fourth-order valence-corrected chi connectivity index (χ4v) is 3.24. The number of hydrogen-bond acceptors (Lipinski definition) is 2. The normalized spacial score (nSPS) is 12.0. The summed E-state index contributed by atoms with van der Waals surface area (Å²) in [4.78, 5) is 17.1. The molecule has 2 aromatic heterocycles. The van der Waals surface area contributed by atoms with E-state index in [9.17, 15) is 9.18 Å². The van der Waals surface area contributed by atoms with Gasteiger partial charge in [-0.15, -0.1) is 0 Å². The topological polar surface area (TPSA) is 46.4 Å². The van der Waals surface area contributed by atoms with Crippen LogP contribution in [0.25, 0.3) is 5.65 Å². The molecule has 0 unspecified atom stereocenters.